The molecule has 2 rings (SSSR count). The predicted octanol–water partition coefficient (Wildman–Crippen LogP) is 1.98. The molecule has 0 aliphatic rings. The normalized spacial score (nSPS) is 12.3. The highest BCUT2D eigenvalue weighted by Gasteiger charge is 2.18. The van der Waals surface area contributed by atoms with Gasteiger partial charge in [0.2, 0.25) is 0 Å². The third-order valence-corrected chi connectivity index (χ3v) is 3.40. The molecule has 0 bridgehead atoms. The monoisotopic (exact) mass is 289 g/mol. The van der Waals surface area contributed by atoms with Gasteiger partial charge in [-0.15, -0.1) is 0 Å². The third kappa shape index (κ3) is 3.63. The third-order valence-electron chi connectivity index (χ3n) is 3.40. The number of nitro groups is 1. The average molecular weight is 289 g/mol. The van der Waals surface area contributed by atoms with E-state index in [4.69, 9.17) is 0 Å². The minimum absolute atomic E-state index is 0.154. The second-order valence-electron chi connectivity index (χ2n) is 5.13. The summed E-state index contributed by atoms with van der Waals surface area (Å²) in [6.45, 7) is 6.72. The van der Waals surface area contributed by atoms with Crippen molar-refractivity contribution < 1.29 is 4.92 Å². The second-order valence-corrected chi connectivity index (χ2v) is 5.13. The summed E-state index contributed by atoms with van der Waals surface area (Å²) in [6, 6.07) is 2.06. The fourth-order valence-corrected chi connectivity index (χ4v) is 2.25. The highest BCUT2D eigenvalue weighted by atomic mass is 16.6. The highest BCUT2D eigenvalue weighted by molar-refractivity contribution is 5.47. The molecule has 21 heavy (non-hydrogen) atoms. The van der Waals surface area contributed by atoms with Crippen LogP contribution in [0.15, 0.2) is 24.7 Å². The number of nitrogens with one attached hydrogen (secondary N) is 1. The lowest BCUT2D eigenvalue weighted by Gasteiger charge is -2.15. The maximum absolute atomic E-state index is 11.1. The Balaban J connectivity index is 2.03. The van der Waals surface area contributed by atoms with E-state index in [2.05, 4.69) is 15.4 Å². The van der Waals surface area contributed by atoms with Crippen LogP contribution in [0.3, 0.4) is 0 Å². The van der Waals surface area contributed by atoms with Gasteiger partial charge in [-0.1, -0.05) is 0 Å². The van der Waals surface area contributed by atoms with E-state index in [0.717, 1.165) is 6.54 Å². The minimum Gasteiger partial charge on any atom is -0.307 e. The molecule has 0 aromatic carbocycles. The summed E-state index contributed by atoms with van der Waals surface area (Å²) in [5, 5.41) is 18.6. The van der Waals surface area contributed by atoms with E-state index < -0.39 is 0 Å². The van der Waals surface area contributed by atoms with Crippen molar-refractivity contribution in [2.75, 3.05) is 0 Å². The Hall–Kier alpha value is -2.28. The Morgan fingerprint density at radius 3 is 2.86 bits per heavy atom. The van der Waals surface area contributed by atoms with Crippen LogP contribution in [0, 0.1) is 24.0 Å². The minimum atomic E-state index is -0.344. The van der Waals surface area contributed by atoms with Crippen LogP contribution in [0.2, 0.25) is 0 Å². The van der Waals surface area contributed by atoms with Gasteiger partial charge in [-0.05, 0) is 26.8 Å². The van der Waals surface area contributed by atoms with E-state index >= 15 is 0 Å². The number of nitrogens with zero attached hydrogens (tertiary/aromatic N) is 4. The van der Waals surface area contributed by atoms with Crippen molar-refractivity contribution in [3.63, 3.8) is 0 Å². The summed E-state index contributed by atoms with van der Waals surface area (Å²) in [5.74, 6) is 0. The molecule has 2 heterocycles. The number of hydrogen-bond acceptors (Lipinski definition) is 5. The molecule has 2 aromatic heterocycles. The average Bonchev–Trinajstić information content (AvgIpc) is 2.90. The molecule has 0 aliphatic heterocycles. The number of hydrogen-bond donors (Lipinski definition) is 1. The van der Waals surface area contributed by atoms with E-state index in [1.807, 2.05) is 23.9 Å². The molecule has 7 nitrogen and oxygen atoms in total. The van der Waals surface area contributed by atoms with Crippen molar-refractivity contribution in [2.45, 2.75) is 39.9 Å². The molecule has 0 aliphatic carbocycles. The van der Waals surface area contributed by atoms with Crippen LogP contribution in [0.1, 0.15) is 23.7 Å². The molecule has 0 saturated heterocycles. The molecule has 0 amide bonds. The van der Waals surface area contributed by atoms with Gasteiger partial charge in [-0.2, -0.15) is 5.10 Å². The van der Waals surface area contributed by atoms with Crippen LogP contribution in [-0.2, 0) is 13.1 Å². The van der Waals surface area contributed by atoms with Gasteiger partial charge in [0.05, 0.1) is 17.2 Å². The maximum Gasteiger partial charge on any atom is 0.278 e. The SMILES string of the molecule is Cc1cnc(CNC(C)Cn2cccn2)c(C)c1[N+](=O)[O-]. The molecule has 1 atom stereocenters. The summed E-state index contributed by atoms with van der Waals surface area (Å²) in [4.78, 5) is 15.0. The van der Waals surface area contributed by atoms with Crippen LogP contribution in [-0.4, -0.2) is 25.7 Å². The largest absolute Gasteiger partial charge is 0.307 e. The van der Waals surface area contributed by atoms with Gasteiger partial charge in [0.25, 0.3) is 5.69 Å². The molecule has 0 fully saturated rings. The first-order valence-corrected chi connectivity index (χ1v) is 6.79. The summed E-state index contributed by atoms with van der Waals surface area (Å²) < 4.78 is 1.84. The molecular formula is C14H19N5O2. The van der Waals surface area contributed by atoms with Crippen LogP contribution in [0.25, 0.3) is 0 Å². The van der Waals surface area contributed by atoms with Crippen molar-refractivity contribution in [2.24, 2.45) is 0 Å². The molecule has 112 valence electrons. The summed E-state index contributed by atoms with van der Waals surface area (Å²) in [7, 11) is 0. The quantitative estimate of drug-likeness (QED) is 0.649. The van der Waals surface area contributed by atoms with Gasteiger partial charge < -0.3 is 5.32 Å². The van der Waals surface area contributed by atoms with Crippen LogP contribution >= 0.6 is 0 Å². The van der Waals surface area contributed by atoms with Crippen molar-refractivity contribution in [3.05, 3.63) is 51.6 Å². The van der Waals surface area contributed by atoms with E-state index in [1.54, 1.807) is 26.2 Å². The lowest BCUT2D eigenvalue weighted by Crippen LogP contribution is -2.30. The Morgan fingerprint density at radius 1 is 1.48 bits per heavy atom. The number of aromatic nitrogens is 3. The highest BCUT2D eigenvalue weighted by Crippen LogP contribution is 2.23. The Kier molecular flexibility index (Phi) is 4.64. The molecule has 0 radical (unpaired) electrons. The first-order valence-electron chi connectivity index (χ1n) is 6.79. The Labute approximate surface area is 123 Å². The van der Waals surface area contributed by atoms with E-state index in [9.17, 15) is 10.1 Å². The molecular weight excluding hydrogens is 270 g/mol. The summed E-state index contributed by atoms with van der Waals surface area (Å²) in [5.41, 5.74) is 2.07. The lowest BCUT2D eigenvalue weighted by molar-refractivity contribution is -0.386. The van der Waals surface area contributed by atoms with Crippen molar-refractivity contribution in [1.29, 1.82) is 0 Å². The predicted molar refractivity (Wildman–Crippen MR) is 78.9 cm³/mol. The zero-order valence-corrected chi connectivity index (χ0v) is 12.4. The molecule has 1 N–H and O–H groups in total. The fourth-order valence-electron chi connectivity index (χ4n) is 2.25. The zero-order valence-electron chi connectivity index (χ0n) is 12.4. The zero-order chi connectivity index (χ0) is 15.4. The van der Waals surface area contributed by atoms with Gasteiger partial charge in [0, 0.05) is 42.3 Å². The van der Waals surface area contributed by atoms with Crippen molar-refractivity contribution >= 4 is 5.69 Å². The van der Waals surface area contributed by atoms with Gasteiger partial charge in [-0.3, -0.25) is 19.8 Å². The van der Waals surface area contributed by atoms with Gasteiger partial charge in [-0.25, -0.2) is 0 Å². The molecule has 1 unspecified atom stereocenters. The van der Waals surface area contributed by atoms with Crippen molar-refractivity contribution in [1.82, 2.24) is 20.1 Å². The lowest BCUT2D eigenvalue weighted by atomic mass is 10.1. The molecule has 0 spiro atoms. The second kappa shape index (κ2) is 6.45. The number of rotatable bonds is 6. The Morgan fingerprint density at radius 2 is 2.24 bits per heavy atom. The van der Waals surface area contributed by atoms with Crippen LogP contribution in [0.4, 0.5) is 5.69 Å². The molecule has 2 aromatic rings. The topological polar surface area (TPSA) is 85.9 Å². The summed E-state index contributed by atoms with van der Waals surface area (Å²) in [6.07, 6.45) is 5.19. The van der Waals surface area contributed by atoms with E-state index in [-0.39, 0.29) is 16.7 Å². The number of pyridine rings is 1. The maximum atomic E-state index is 11.1. The first kappa shape index (κ1) is 15.1. The van der Waals surface area contributed by atoms with Crippen LogP contribution < -0.4 is 5.32 Å². The van der Waals surface area contributed by atoms with Crippen LogP contribution in [0.5, 0.6) is 0 Å². The standard InChI is InChI=1S/C14H19N5O2/c1-10-7-16-13(12(3)14(10)19(20)21)8-15-11(2)9-18-6-4-5-17-18/h4-7,11,15H,8-9H2,1-3H3. The van der Waals surface area contributed by atoms with E-state index in [1.165, 1.54) is 0 Å². The molecule has 7 heteroatoms. The van der Waals surface area contributed by atoms with E-state index in [0.29, 0.717) is 23.4 Å². The molecule has 0 saturated carbocycles. The van der Waals surface area contributed by atoms with Crippen molar-refractivity contribution in [3.8, 4) is 0 Å². The fraction of sp³-hybridized carbons (Fsp3) is 0.429. The first-order chi connectivity index (χ1) is 9.99. The number of aryl methyl sites for hydroxylation is 1. The van der Waals surface area contributed by atoms with Gasteiger partial charge >= 0.3 is 0 Å². The smallest absolute Gasteiger partial charge is 0.278 e. The summed E-state index contributed by atoms with van der Waals surface area (Å²) >= 11 is 0. The Bertz CT molecular complexity index is 625. The van der Waals surface area contributed by atoms with Gasteiger partial charge in [0.15, 0.2) is 0 Å². The van der Waals surface area contributed by atoms with Gasteiger partial charge in [0.1, 0.15) is 0 Å².